The maximum Gasteiger partial charge on any atom is 0.211 e. The number of fused-ring (bicyclic) bond motifs is 1. The van der Waals surface area contributed by atoms with Crippen molar-refractivity contribution in [3.63, 3.8) is 0 Å². The predicted octanol–water partition coefficient (Wildman–Crippen LogP) is 2.38. The van der Waals surface area contributed by atoms with Crippen LogP contribution < -0.4 is 4.90 Å². The molecule has 0 unspecified atom stereocenters. The minimum absolute atomic E-state index is 0.558. The fourth-order valence-electron chi connectivity index (χ4n) is 4.15. The van der Waals surface area contributed by atoms with Crippen molar-refractivity contribution in [3.8, 4) is 0 Å². The van der Waals surface area contributed by atoms with Crippen LogP contribution in [-0.2, 0) is 30.0 Å². The molecular weight excluding hydrogens is 412 g/mol. The lowest BCUT2D eigenvalue weighted by Gasteiger charge is -2.33. The molecule has 31 heavy (non-hydrogen) atoms. The summed E-state index contributed by atoms with van der Waals surface area (Å²) >= 11 is 0. The maximum absolute atomic E-state index is 11.7. The number of sulfonamides is 1. The van der Waals surface area contributed by atoms with Crippen LogP contribution in [0.25, 0.3) is 11.0 Å². The molecule has 0 saturated carbocycles. The molecule has 0 radical (unpaired) electrons. The number of aromatic nitrogens is 3. The first-order valence-electron chi connectivity index (χ1n) is 10.6. The molecule has 1 aliphatic rings. The number of rotatable bonds is 6. The largest absolute Gasteiger partial charge is 0.334 e. The van der Waals surface area contributed by atoms with Gasteiger partial charge in [0.1, 0.15) is 11.3 Å². The number of piperazine rings is 1. The Hall–Kier alpha value is -2.49. The summed E-state index contributed by atoms with van der Waals surface area (Å²) in [7, 11) is 0.935. The van der Waals surface area contributed by atoms with Gasteiger partial charge in [-0.15, -0.1) is 0 Å². The number of nitrogens with zero attached hydrogens (tertiary/aromatic N) is 6. The molecule has 1 fully saturated rings. The fraction of sp³-hybridized carbons (Fsp3) is 0.455. The Morgan fingerprint density at radius 1 is 1.10 bits per heavy atom. The number of hydrogen-bond donors (Lipinski definition) is 0. The van der Waals surface area contributed by atoms with E-state index < -0.39 is 10.0 Å². The number of aryl methyl sites for hydroxylation is 2. The molecule has 1 saturated heterocycles. The van der Waals surface area contributed by atoms with E-state index in [0.717, 1.165) is 48.6 Å². The lowest BCUT2D eigenvalue weighted by Crippen LogP contribution is -2.47. The molecule has 1 aliphatic heterocycles. The van der Waals surface area contributed by atoms with Gasteiger partial charge < -0.3 is 9.47 Å². The molecule has 0 amide bonds. The molecule has 0 atom stereocenters. The van der Waals surface area contributed by atoms with Gasteiger partial charge in [0.15, 0.2) is 0 Å². The monoisotopic (exact) mass is 442 g/mol. The van der Waals surface area contributed by atoms with Crippen LogP contribution >= 0.6 is 0 Å². The van der Waals surface area contributed by atoms with Gasteiger partial charge in [0.25, 0.3) is 0 Å². The van der Waals surface area contributed by atoms with E-state index in [4.69, 9.17) is 0 Å². The van der Waals surface area contributed by atoms with Crippen molar-refractivity contribution in [2.75, 3.05) is 44.4 Å². The Bertz CT molecular complexity index is 1180. The number of hydrogen-bond acceptors (Lipinski definition) is 6. The number of anilines is 2. The quantitative estimate of drug-likeness (QED) is 0.584. The van der Waals surface area contributed by atoms with Gasteiger partial charge in [-0.25, -0.2) is 18.4 Å². The van der Waals surface area contributed by atoms with E-state index in [2.05, 4.69) is 51.0 Å². The van der Waals surface area contributed by atoms with Crippen molar-refractivity contribution in [1.82, 2.24) is 23.7 Å². The maximum atomic E-state index is 11.7. The molecule has 8 nitrogen and oxygen atoms in total. The zero-order valence-electron chi connectivity index (χ0n) is 18.6. The first-order valence-corrected chi connectivity index (χ1v) is 12.4. The Morgan fingerprint density at radius 2 is 1.84 bits per heavy atom. The Kier molecular flexibility index (Phi) is 6.00. The van der Waals surface area contributed by atoms with Crippen LogP contribution in [0.3, 0.4) is 0 Å². The molecule has 166 valence electrons. The predicted molar refractivity (Wildman–Crippen MR) is 124 cm³/mol. The van der Waals surface area contributed by atoms with Crippen LogP contribution in [-0.4, -0.2) is 71.6 Å². The van der Waals surface area contributed by atoms with Crippen molar-refractivity contribution in [3.05, 3.63) is 47.9 Å². The number of benzene rings is 1. The topological polar surface area (TPSA) is 74.6 Å². The van der Waals surface area contributed by atoms with Gasteiger partial charge in [0, 0.05) is 58.6 Å². The second kappa shape index (κ2) is 8.57. The van der Waals surface area contributed by atoms with E-state index in [1.54, 1.807) is 10.6 Å². The second-order valence-electron chi connectivity index (χ2n) is 8.20. The minimum atomic E-state index is -3.10. The third-order valence-electron chi connectivity index (χ3n) is 6.03. The van der Waals surface area contributed by atoms with Crippen molar-refractivity contribution in [2.45, 2.75) is 19.9 Å². The highest BCUT2D eigenvalue weighted by molar-refractivity contribution is 7.88. The van der Waals surface area contributed by atoms with Crippen molar-refractivity contribution in [1.29, 1.82) is 0 Å². The Morgan fingerprint density at radius 3 is 2.52 bits per heavy atom. The molecule has 3 aromatic rings. The first kappa shape index (κ1) is 21.7. The van der Waals surface area contributed by atoms with Gasteiger partial charge in [0.2, 0.25) is 10.0 Å². The highest BCUT2D eigenvalue weighted by Crippen LogP contribution is 2.29. The van der Waals surface area contributed by atoms with Crippen LogP contribution in [0.1, 0.15) is 18.1 Å². The smallest absolute Gasteiger partial charge is 0.211 e. The molecule has 4 rings (SSSR count). The molecular formula is C22H30N6O2S. The van der Waals surface area contributed by atoms with E-state index in [1.807, 2.05) is 24.9 Å². The molecule has 3 heterocycles. The summed E-state index contributed by atoms with van der Waals surface area (Å²) < 4.78 is 27.0. The lowest BCUT2D eigenvalue weighted by molar-refractivity contribution is 0.182. The van der Waals surface area contributed by atoms with Crippen LogP contribution in [0.5, 0.6) is 0 Å². The van der Waals surface area contributed by atoms with Gasteiger partial charge in [-0.05, 0) is 23.6 Å². The van der Waals surface area contributed by atoms with Gasteiger partial charge in [-0.2, -0.15) is 4.31 Å². The Balaban J connectivity index is 1.50. The summed E-state index contributed by atoms with van der Waals surface area (Å²) in [5.74, 6) is 0.885. The summed E-state index contributed by atoms with van der Waals surface area (Å²) in [6, 6.07) is 8.65. The zero-order chi connectivity index (χ0) is 22.2. The lowest BCUT2D eigenvalue weighted by atomic mass is 10.0. The molecule has 0 bridgehead atoms. The zero-order valence-corrected chi connectivity index (χ0v) is 19.4. The summed E-state index contributed by atoms with van der Waals surface area (Å²) in [5.41, 5.74) is 5.60. The summed E-state index contributed by atoms with van der Waals surface area (Å²) in [6.07, 6.45) is 5.82. The molecule has 0 spiro atoms. The number of imidazole rings is 1. The Labute approximate surface area is 184 Å². The van der Waals surface area contributed by atoms with Gasteiger partial charge in [-0.1, -0.05) is 19.1 Å². The SMILES string of the molecule is CCc1cc(CN2CCN(S(C)(=O)=O)CC2)ccc1N(C)c1cc2c(cn1)ncn2C. The third-order valence-corrected chi connectivity index (χ3v) is 7.34. The van der Waals surface area contributed by atoms with Gasteiger partial charge >= 0.3 is 0 Å². The average molecular weight is 443 g/mol. The molecule has 0 aliphatic carbocycles. The van der Waals surface area contributed by atoms with Crippen LogP contribution in [0.4, 0.5) is 11.5 Å². The van der Waals surface area contributed by atoms with Crippen LogP contribution in [0.15, 0.2) is 36.8 Å². The van der Waals surface area contributed by atoms with E-state index in [-0.39, 0.29) is 0 Å². The first-order chi connectivity index (χ1) is 14.8. The van der Waals surface area contributed by atoms with E-state index in [9.17, 15) is 8.42 Å². The normalized spacial score (nSPS) is 16.1. The van der Waals surface area contributed by atoms with Gasteiger partial charge in [0.05, 0.1) is 24.3 Å². The third kappa shape index (κ3) is 4.58. The second-order valence-corrected chi connectivity index (χ2v) is 10.2. The van der Waals surface area contributed by atoms with Gasteiger partial charge in [-0.3, -0.25) is 4.90 Å². The summed E-state index contributed by atoms with van der Waals surface area (Å²) in [6.45, 7) is 5.62. The summed E-state index contributed by atoms with van der Waals surface area (Å²) in [4.78, 5) is 13.4. The van der Waals surface area contributed by atoms with Crippen molar-refractivity contribution < 1.29 is 8.42 Å². The fourth-order valence-corrected chi connectivity index (χ4v) is 4.98. The molecule has 9 heteroatoms. The van der Waals surface area contributed by atoms with Crippen LogP contribution in [0.2, 0.25) is 0 Å². The molecule has 2 aromatic heterocycles. The van der Waals surface area contributed by atoms with Crippen molar-refractivity contribution >= 4 is 32.6 Å². The van der Waals surface area contributed by atoms with E-state index in [1.165, 1.54) is 17.4 Å². The minimum Gasteiger partial charge on any atom is -0.334 e. The van der Waals surface area contributed by atoms with Crippen molar-refractivity contribution in [2.24, 2.45) is 7.05 Å². The molecule has 1 aromatic carbocycles. The number of pyridine rings is 1. The highest BCUT2D eigenvalue weighted by atomic mass is 32.2. The summed E-state index contributed by atoms with van der Waals surface area (Å²) in [5, 5.41) is 0. The highest BCUT2D eigenvalue weighted by Gasteiger charge is 2.23. The van der Waals surface area contributed by atoms with E-state index in [0.29, 0.717) is 13.1 Å². The standard InChI is InChI=1S/C22H30N6O2S/c1-5-18-12-17(15-27-8-10-28(11-9-27)31(4,29)30)6-7-20(18)26(3)22-13-21-19(14-23-22)24-16-25(21)2/h6-7,12-14,16H,5,8-11,15H2,1-4H3. The van der Waals surface area contributed by atoms with Crippen LogP contribution in [0, 0.1) is 0 Å². The molecule has 0 N–H and O–H groups in total. The van der Waals surface area contributed by atoms with E-state index >= 15 is 0 Å². The average Bonchev–Trinajstić information content (AvgIpc) is 3.13.